The molecule has 1 aliphatic rings. The second-order valence-corrected chi connectivity index (χ2v) is 4.52. The lowest BCUT2D eigenvalue weighted by atomic mass is 10.0. The lowest BCUT2D eigenvalue weighted by Gasteiger charge is -2.20. The molecular formula is C10H15IO5. The molecule has 0 bridgehead atoms. The van der Waals surface area contributed by atoms with E-state index < -0.39 is 0 Å². The summed E-state index contributed by atoms with van der Waals surface area (Å²) in [7, 11) is 0. The Morgan fingerprint density at radius 2 is 2.06 bits per heavy atom. The Morgan fingerprint density at radius 1 is 1.38 bits per heavy atom. The summed E-state index contributed by atoms with van der Waals surface area (Å²) in [5.41, 5.74) is 0. The monoisotopic (exact) mass is 342 g/mol. The Kier molecular flexibility index (Phi) is 5.47. The van der Waals surface area contributed by atoms with Crippen LogP contribution in [0, 0.1) is 5.92 Å². The minimum Gasteiger partial charge on any atom is -0.465 e. The van der Waals surface area contributed by atoms with Crippen molar-refractivity contribution in [2.45, 2.75) is 26.1 Å². The molecular weight excluding hydrogens is 327 g/mol. The largest absolute Gasteiger partial charge is 0.465 e. The molecule has 5 nitrogen and oxygen atoms in total. The van der Waals surface area contributed by atoms with E-state index in [-0.39, 0.29) is 36.7 Å². The van der Waals surface area contributed by atoms with Crippen LogP contribution in [-0.4, -0.2) is 41.8 Å². The van der Waals surface area contributed by atoms with Crippen molar-refractivity contribution >= 4 is 34.5 Å². The number of ether oxygens (including phenoxy) is 3. The van der Waals surface area contributed by atoms with Crippen LogP contribution in [0.1, 0.15) is 13.8 Å². The van der Waals surface area contributed by atoms with Gasteiger partial charge in [-0.15, -0.1) is 0 Å². The van der Waals surface area contributed by atoms with Crippen molar-refractivity contribution in [3.8, 4) is 0 Å². The Morgan fingerprint density at radius 3 is 2.56 bits per heavy atom. The van der Waals surface area contributed by atoms with Crippen LogP contribution < -0.4 is 0 Å². The lowest BCUT2D eigenvalue weighted by Crippen LogP contribution is -2.33. The zero-order valence-electron chi connectivity index (χ0n) is 9.27. The third-order valence-electron chi connectivity index (χ3n) is 2.38. The van der Waals surface area contributed by atoms with Crippen molar-refractivity contribution in [3.05, 3.63) is 0 Å². The SMILES string of the molecule is CC(=O)OC[C@H]1[C@H](CI)OC[C@H]1OC(C)=O. The van der Waals surface area contributed by atoms with Crippen LogP contribution in [0.5, 0.6) is 0 Å². The second kappa shape index (κ2) is 6.39. The van der Waals surface area contributed by atoms with Crippen LogP contribution >= 0.6 is 22.6 Å². The Balaban J connectivity index is 2.55. The molecule has 1 aliphatic heterocycles. The van der Waals surface area contributed by atoms with Gasteiger partial charge in [0, 0.05) is 18.3 Å². The van der Waals surface area contributed by atoms with E-state index in [0.717, 1.165) is 4.43 Å². The quantitative estimate of drug-likeness (QED) is 0.432. The Labute approximate surface area is 108 Å². The number of esters is 2. The first-order valence-electron chi connectivity index (χ1n) is 5.02. The molecule has 3 atom stereocenters. The van der Waals surface area contributed by atoms with Gasteiger partial charge < -0.3 is 14.2 Å². The molecule has 0 saturated carbocycles. The molecule has 6 heteroatoms. The van der Waals surface area contributed by atoms with Gasteiger partial charge in [0.2, 0.25) is 0 Å². The van der Waals surface area contributed by atoms with Gasteiger partial charge in [0.15, 0.2) is 0 Å². The lowest BCUT2D eigenvalue weighted by molar-refractivity contribution is -0.150. The molecule has 0 radical (unpaired) electrons. The van der Waals surface area contributed by atoms with E-state index in [0.29, 0.717) is 6.61 Å². The number of alkyl halides is 1. The van der Waals surface area contributed by atoms with Crippen molar-refractivity contribution < 1.29 is 23.8 Å². The smallest absolute Gasteiger partial charge is 0.302 e. The van der Waals surface area contributed by atoms with Crippen LogP contribution in [0.25, 0.3) is 0 Å². The predicted octanol–water partition coefficient (Wildman–Crippen LogP) is 0.931. The summed E-state index contributed by atoms with van der Waals surface area (Å²) in [6, 6.07) is 0. The molecule has 1 saturated heterocycles. The van der Waals surface area contributed by atoms with Gasteiger partial charge in [-0.25, -0.2) is 0 Å². The molecule has 16 heavy (non-hydrogen) atoms. The average molecular weight is 342 g/mol. The fourth-order valence-electron chi connectivity index (χ4n) is 1.63. The van der Waals surface area contributed by atoms with Gasteiger partial charge in [-0.05, 0) is 0 Å². The van der Waals surface area contributed by atoms with E-state index in [2.05, 4.69) is 22.6 Å². The number of hydrogen-bond acceptors (Lipinski definition) is 5. The molecule has 92 valence electrons. The molecule has 1 rings (SSSR count). The van der Waals surface area contributed by atoms with E-state index >= 15 is 0 Å². The molecule has 0 aromatic heterocycles. The molecule has 0 aliphatic carbocycles. The van der Waals surface area contributed by atoms with Gasteiger partial charge in [0.1, 0.15) is 12.7 Å². The molecule has 0 amide bonds. The molecule has 0 N–H and O–H groups in total. The normalized spacial score (nSPS) is 28.8. The maximum Gasteiger partial charge on any atom is 0.302 e. The zero-order valence-corrected chi connectivity index (χ0v) is 11.4. The third-order valence-corrected chi connectivity index (χ3v) is 3.25. The predicted molar refractivity (Wildman–Crippen MR) is 64.3 cm³/mol. The van der Waals surface area contributed by atoms with E-state index in [4.69, 9.17) is 14.2 Å². The number of carbonyl (C=O) groups is 2. The summed E-state index contributed by atoms with van der Waals surface area (Å²) in [5, 5.41) is 0. The maximum absolute atomic E-state index is 10.9. The van der Waals surface area contributed by atoms with E-state index in [1.165, 1.54) is 13.8 Å². The molecule has 0 aromatic rings. The minimum absolute atomic E-state index is 0.0238. The van der Waals surface area contributed by atoms with Gasteiger partial charge in [-0.1, -0.05) is 22.6 Å². The van der Waals surface area contributed by atoms with E-state index in [1.54, 1.807) is 0 Å². The topological polar surface area (TPSA) is 61.8 Å². The van der Waals surface area contributed by atoms with Crippen LogP contribution in [0.15, 0.2) is 0 Å². The Hall–Kier alpha value is -0.370. The highest BCUT2D eigenvalue weighted by atomic mass is 127. The third kappa shape index (κ3) is 3.89. The highest BCUT2D eigenvalue weighted by Gasteiger charge is 2.39. The van der Waals surface area contributed by atoms with Crippen molar-refractivity contribution in [1.82, 2.24) is 0 Å². The number of hydrogen-bond donors (Lipinski definition) is 0. The highest BCUT2D eigenvalue weighted by Crippen LogP contribution is 2.26. The van der Waals surface area contributed by atoms with Gasteiger partial charge in [-0.2, -0.15) is 0 Å². The summed E-state index contributed by atoms with van der Waals surface area (Å²) >= 11 is 2.20. The fraction of sp³-hybridized carbons (Fsp3) is 0.800. The standard InChI is InChI=1S/C10H15IO5/c1-6(12)14-4-8-9(3-11)15-5-10(8)16-7(2)13/h8-10H,3-5H2,1-2H3/t8-,9-,10+/m0/s1. The zero-order chi connectivity index (χ0) is 12.1. The number of rotatable bonds is 4. The fourth-order valence-corrected chi connectivity index (χ4v) is 2.53. The maximum atomic E-state index is 10.9. The van der Waals surface area contributed by atoms with Crippen LogP contribution in [0.2, 0.25) is 0 Å². The molecule has 0 unspecified atom stereocenters. The highest BCUT2D eigenvalue weighted by molar-refractivity contribution is 14.1. The van der Waals surface area contributed by atoms with Crippen molar-refractivity contribution in [3.63, 3.8) is 0 Å². The van der Waals surface area contributed by atoms with Gasteiger partial charge in [0.05, 0.1) is 18.6 Å². The summed E-state index contributed by atoms with van der Waals surface area (Å²) in [6.07, 6.45) is -0.332. The summed E-state index contributed by atoms with van der Waals surface area (Å²) in [4.78, 5) is 21.6. The summed E-state index contributed by atoms with van der Waals surface area (Å²) < 4.78 is 16.3. The van der Waals surface area contributed by atoms with Crippen molar-refractivity contribution in [2.24, 2.45) is 5.92 Å². The molecule has 1 fully saturated rings. The van der Waals surface area contributed by atoms with Gasteiger partial charge in [0.25, 0.3) is 0 Å². The summed E-state index contributed by atoms with van der Waals surface area (Å²) in [5.74, 6) is -0.735. The minimum atomic E-state index is -0.337. The molecule has 1 heterocycles. The van der Waals surface area contributed by atoms with Gasteiger partial charge >= 0.3 is 11.9 Å². The Bertz CT molecular complexity index is 268. The van der Waals surface area contributed by atoms with Crippen LogP contribution in [-0.2, 0) is 23.8 Å². The first-order valence-corrected chi connectivity index (χ1v) is 6.55. The van der Waals surface area contributed by atoms with Crippen molar-refractivity contribution in [1.29, 1.82) is 0 Å². The van der Waals surface area contributed by atoms with E-state index in [9.17, 15) is 9.59 Å². The number of halogens is 1. The van der Waals surface area contributed by atoms with Gasteiger partial charge in [-0.3, -0.25) is 9.59 Å². The molecule has 0 aromatic carbocycles. The van der Waals surface area contributed by atoms with Crippen LogP contribution in [0.4, 0.5) is 0 Å². The van der Waals surface area contributed by atoms with Crippen molar-refractivity contribution in [2.75, 3.05) is 17.6 Å². The first-order chi connectivity index (χ1) is 7.54. The average Bonchev–Trinajstić information content (AvgIpc) is 2.56. The van der Waals surface area contributed by atoms with Crippen LogP contribution in [0.3, 0.4) is 0 Å². The second-order valence-electron chi connectivity index (χ2n) is 3.64. The summed E-state index contributed by atoms with van der Waals surface area (Å²) in [6.45, 7) is 3.33. The number of carbonyl (C=O) groups excluding carboxylic acids is 2. The first kappa shape index (κ1) is 13.7. The molecule has 0 spiro atoms. The van der Waals surface area contributed by atoms with E-state index in [1.807, 2.05) is 0 Å².